The average molecular weight is 1840 g/mol. The Morgan fingerprint density at radius 1 is 0.210 bits per heavy atom. The molecule has 1 aliphatic rings. The van der Waals surface area contributed by atoms with Crippen LogP contribution in [0.4, 0.5) is 0 Å². The minimum Gasteiger partial charge on any atom is -0.455 e. The number of hydrogen-bond donors (Lipinski definition) is 0. The van der Waals surface area contributed by atoms with E-state index >= 15 is 0 Å². The van der Waals surface area contributed by atoms with Gasteiger partial charge in [-0.3, -0.25) is 0 Å². The smallest absolute Gasteiger partial charge is 0.160 e. The van der Waals surface area contributed by atoms with Gasteiger partial charge >= 0.3 is 0 Å². The van der Waals surface area contributed by atoms with Gasteiger partial charge in [-0.25, -0.2) is 29.9 Å². The molecule has 0 N–H and O–H groups in total. The van der Waals surface area contributed by atoms with E-state index in [0.717, 1.165) is 145 Å². The number of para-hydroxylation sites is 1. The largest absolute Gasteiger partial charge is 0.455 e. The first-order chi connectivity index (χ1) is 70.7. The Labute approximate surface area is 827 Å². The van der Waals surface area contributed by atoms with Crippen molar-refractivity contribution < 1.29 is 4.42 Å². The molecule has 0 fully saturated rings. The number of thiophene rings is 1. The lowest BCUT2D eigenvalue weighted by molar-refractivity contribution is 0.666. The molecule has 143 heavy (non-hydrogen) atoms. The molecule has 8 heteroatoms. The van der Waals surface area contributed by atoms with Crippen molar-refractivity contribution in [3.05, 3.63) is 484 Å². The van der Waals surface area contributed by atoms with Crippen LogP contribution in [0.15, 0.2) is 478 Å². The van der Waals surface area contributed by atoms with Crippen LogP contribution in [0.3, 0.4) is 0 Å². The molecule has 24 aromatic carbocycles. The zero-order chi connectivity index (χ0) is 94.5. The van der Waals surface area contributed by atoms with E-state index in [1.54, 1.807) is 0 Å². The number of nitrogens with zero attached hydrogens (tertiary/aromatic N) is 6. The van der Waals surface area contributed by atoms with Crippen molar-refractivity contribution >= 4 is 183 Å². The molecule has 0 spiro atoms. The summed E-state index contributed by atoms with van der Waals surface area (Å²) in [5, 5.41) is 28.9. The second kappa shape index (κ2) is 33.5. The first-order valence-electron chi connectivity index (χ1n) is 48.8. The molecule has 666 valence electrons. The predicted molar refractivity (Wildman–Crippen MR) is 603 cm³/mol. The quantitative estimate of drug-likeness (QED) is 0.133. The van der Waals surface area contributed by atoms with Gasteiger partial charge in [-0.05, 0) is 209 Å². The lowest BCUT2D eigenvalue weighted by atomic mass is 9.78. The fraction of sp³-hybridized carbons (Fsp3) is 0.0222. The van der Waals surface area contributed by atoms with Gasteiger partial charge in [0.25, 0.3) is 0 Å². The second-order valence-corrected chi connectivity index (χ2v) is 39.1. The SMILES string of the molecule is CC1(C)c2ccccc2-c2c1c1ccc3cc(-c4ccc5nc(-c6ccccc6)c(-c6ccccc6)nc5c4)ccc3c1c1ccccc21.c1ccc(-c2nc(-c3ccccc3)c3cc(-c4ccc5c(ccc6c7sc8ccccc8c7c7ccccc7c56)c4)ccc3n2)cc1.c1ccc(-c2nc3ccc(-c4ccc5c(ccc6c7oc8ccccc8c7c7ccccc7c56)c4)cc3nc2-c2ccccc2)cc1. The maximum absolute atomic E-state index is 6.52. The van der Waals surface area contributed by atoms with Crippen LogP contribution in [0.1, 0.15) is 25.0 Å². The summed E-state index contributed by atoms with van der Waals surface area (Å²) in [6, 6.07) is 169. The van der Waals surface area contributed by atoms with Crippen molar-refractivity contribution in [2.24, 2.45) is 0 Å². The van der Waals surface area contributed by atoms with Crippen LogP contribution in [-0.4, -0.2) is 29.9 Å². The van der Waals surface area contributed by atoms with Crippen molar-refractivity contribution in [2.75, 3.05) is 0 Å². The molecule has 0 bridgehead atoms. The Hall–Kier alpha value is -18.3. The van der Waals surface area contributed by atoms with E-state index in [0.29, 0.717) is 0 Å². The van der Waals surface area contributed by atoms with Gasteiger partial charge < -0.3 is 4.42 Å². The van der Waals surface area contributed by atoms with Gasteiger partial charge in [0.15, 0.2) is 5.82 Å². The summed E-state index contributed by atoms with van der Waals surface area (Å²) in [6.45, 7) is 4.77. The molecule has 7 nitrogen and oxygen atoms in total. The topological polar surface area (TPSA) is 90.5 Å². The Bertz CT molecular complexity index is 10300. The first-order valence-corrected chi connectivity index (χ1v) is 49.7. The summed E-state index contributed by atoms with van der Waals surface area (Å²) < 4.78 is 9.22. The number of hydrogen-bond acceptors (Lipinski definition) is 8. The maximum Gasteiger partial charge on any atom is 0.160 e. The minimum atomic E-state index is -0.0903. The summed E-state index contributed by atoms with van der Waals surface area (Å²) in [5.41, 5.74) is 29.5. The third-order valence-corrected chi connectivity index (χ3v) is 30.6. The van der Waals surface area contributed by atoms with Crippen molar-refractivity contribution in [3.8, 4) is 112 Å². The monoisotopic (exact) mass is 1840 g/mol. The highest BCUT2D eigenvalue weighted by Crippen LogP contribution is 2.57. The second-order valence-electron chi connectivity index (χ2n) is 38.0. The average Bonchev–Trinajstić information content (AvgIpc) is 1.55. The minimum absolute atomic E-state index is 0.0903. The van der Waals surface area contributed by atoms with E-state index in [2.05, 4.69) is 408 Å². The van der Waals surface area contributed by atoms with E-state index in [9.17, 15) is 0 Å². The number of fused-ring (bicyclic) bond motifs is 33. The Balaban J connectivity index is 0.000000105. The summed E-state index contributed by atoms with van der Waals surface area (Å²) >= 11 is 1.90. The zero-order valence-corrected chi connectivity index (χ0v) is 78.8. The van der Waals surface area contributed by atoms with Crippen molar-refractivity contribution in [1.82, 2.24) is 29.9 Å². The lowest BCUT2D eigenvalue weighted by Gasteiger charge is -2.24. The van der Waals surface area contributed by atoms with E-state index in [1.807, 2.05) is 90.2 Å². The third-order valence-electron chi connectivity index (χ3n) is 29.4. The molecule has 0 aliphatic heterocycles. The molecular weight excluding hydrogens is 1750 g/mol. The molecule has 1 aliphatic carbocycles. The van der Waals surface area contributed by atoms with Crippen LogP contribution in [-0.2, 0) is 5.41 Å². The number of aromatic nitrogens is 6. The third kappa shape index (κ3) is 13.8. The fourth-order valence-corrected chi connectivity index (χ4v) is 24.1. The highest BCUT2D eigenvalue weighted by atomic mass is 32.1. The van der Waals surface area contributed by atoms with Gasteiger partial charge in [0.1, 0.15) is 11.2 Å². The van der Waals surface area contributed by atoms with Gasteiger partial charge in [-0.2, -0.15) is 0 Å². The number of rotatable bonds is 9. The van der Waals surface area contributed by atoms with Gasteiger partial charge in [-0.15, -0.1) is 11.3 Å². The predicted octanol–water partition coefficient (Wildman–Crippen LogP) is 36.8. The fourth-order valence-electron chi connectivity index (χ4n) is 22.8. The summed E-state index contributed by atoms with van der Waals surface area (Å²) in [4.78, 5) is 30.9. The Kier molecular flexibility index (Phi) is 19.4. The summed E-state index contributed by atoms with van der Waals surface area (Å²) in [5.74, 6) is 0.738. The molecule has 5 heterocycles. The Morgan fingerprint density at radius 2 is 0.566 bits per heavy atom. The molecule has 5 aromatic heterocycles. The normalized spacial score (nSPS) is 12.3. The molecule has 0 atom stereocenters. The van der Waals surface area contributed by atoms with Gasteiger partial charge in [0, 0.05) is 91.3 Å². The van der Waals surface area contributed by atoms with Gasteiger partial charge in [0.05, 0.1) is 56.1 Å². The van der Waals surface area contributed by atoms with E-state index < -0.39 is 0 Å². The lowest BCUT2D eigenvalue weighted by Crippen LogP contribution is -2.15. The molecule has 0 amide bonds. The van der Waals surface area contributed by atoms with Crippen LogP contribution in [0, 0.1) is 0 Å². The maximum atomic E-state index is 6.52. The summed E-state index contributed by atoms with van der Waals surface area (Å²) in [6.07, 6.45) is 0. The van der Waals surface area contributed by atoms with Crippen molar-refractivity contribution in [1.29, 1.82) is 0 Å². The molecule has 30 rings (SSSR count). The van der Waals surface area contributed by atoms with E-state index in [4.69, 9.17) is 34.3 Å². The van der Waals surface area contributed by atoms with Crippen LogP contribution in [0.25, 0.3) is 284 Å². The van der Waals surface area contributed by atoms with Crippen LogP contribution in [0.2, 0.25) is 0 Å². The highest BCUT2D eigenvalue weighted by Gasteiger charge is 2.39. The van der Waals surface area contributed by atoms with Gasteiger partial charge in [0.2, 0.25) is 0 Å². The van der Waals surface area contributed by atoms with E-state index in [1.165, 1.54) is 151 Å². The number of benzene rings is 24. The van der Waals surface area contributed by atoms with E-state index in [-0.39, 0.29) is 5.41 Å². The van der Waals surface area contributed by atoms with Gasteiger partial charge in [-0.1, -0.05) is 414 Å². The molecule has 0 saturated heterocycles. The summed E-state index contributed by atoms with van der Waals surface area (Å²) in [7, 11) is 0. The standard InChI is InChI=1S/C47H32N2.C44H26N2O.C44H26N2S/c1-47(2)39-20-12-11-19-37(39)43-36-18-10-9-17-35(36)42-34-24-21-31(27-33(34)22-25-38(42)44(43)47)32-23-26-40-41(28-32)49-46(30-15-7-4-8-16-30)45(48-40)29-13-5-3-6-14-29;1-3-11-27(12-4-1)42-43(28-13-5-2-6-14-28)46-38-26-30(21-24-37(38)45-42)29-19-22-32-31(25-29)20-23-36-40(32)33-15-7-8-16-34(33)41-35-17-9-10-18-39(35)47-44(36)41;1-3-11-27(12-4-1)42-37-26-30(21-24-38(37)45-44(46-42)28-13-5-2-6-14-28)29-19-22-32-31(25-29)20-23-36-40(32)33-15-7-8-16-34(33)41-35-17-9-10-18-39(35)47-43(36)41/h3-28H,1-2H3;2*1-26H. The molecule has 0 unspecified atom stereocenters. The first kappa shape index (κ1) is 82.9. The molecular formula is C135H84N6OS. The molecule has 29 aromatic rings. The van der Waals surface area contributed by atoms with Crippen LogP contribution < -0.4 is 0 Å². The molecule has 0 saturated carbocycles. The highest BCUT2D eigenvalue weighted by molar-refractivity contribution is 7.27. The van der Waals surface area contributed by atoms with Crippen LogP contribution >= 0.6 is 11.3 Å². The number of furan rings is 1. The van der Waals surface area contributed by atoms with Crippen LogP contribution in [0.5, 0.6) is 0 Å². The Morgan fingerprint density at radius 3 is 1.08 bits per heavy atom. The molecule has 0 radical (unpaired) electrons. The van der Waals surface area contributed by atoms with Crippen molar-refractivity contribution in [2.45, 2.75) is 19.3 Å². The zero-order valence-electron chi connectivity index (χ0n) is 78.0. The van der Waals surface area contributed by atoms with Crippen molar-refractivity contribution in [3.63, 3.8) is 0 Å².